The van der Waals surface area contributed by atoms with Crippen LogP contribution in [-0.4, -0.2) is 104 Å². The van der Waals surface area contributed by atoms with Gasteiger partial charge in [-0.1, -0.05) is 13.8 Å². The average molecular weight is 592 g/mol. The lowest BCUT2D eigenvalue weighted by molar-refractivity contribution is -0.315. The van der Waals surface area contributed by atoms with Crippen molar-refractivity contribution in [2.45, 2.75) is 127 Å². The summed E-state index contributed by atoms with van der Waals surface area (Å²) in [6.07, 6.45) is 1.67. The second-order valence-electron chi connectivity index (χ2n) is 16.0. The summed E-state index contributed by atoms with van der Waals surface area (Å²) in [6.45, 7) is 8.49. The second kappa shape index (κ2) is 10.7. The molecule has 7 fully saturated rings. The van der Waals surface area contributed by atoms with Crippen molar-refractivity contribution >= 4 is 5.78 Å². The lowest BCUT2D eigenvalue weighted by atomic mass is 9.51. The zero-order valence-corrected chi connectivity index (χ0v) is 25.6. The Morgan fingerprint density at radius 1 is 0.905 bits per heavy atom. The summed E-state index contributed by atoms with van der Waals surface area (Å²) >= 11 is 0. The number of ether oxygens (including phenoxy) is 2. The molecule has 9 nitrogen and oxygen atoms in total. The molecule has 238 valence electrons. The third-order valence-electron chi connectivity index (χ3n) is 14.0. The first-order valence-electron chi connectivity index (χ1n) is 16.9. The molecular formula is C33H53NO8. The van der Waals surface area contributed by atoms with E-state index >= 15 is 0 Å². The van der Waals surface area contributed by atoms with Gasteiger partial charge in [0.1, 0.15) is 30.2 Å². The monoisotopic (exact) mass is 591 g/mol. The van der Waals surface area contributed by atoms with E-state index in [1.165, 1.54) is 6.42 Å². The van der Waals surface area contributed by atoms with Crippen molar-refractivity contribution in [1.29, 1.82) is 0 Å². The summed E-state index contributed by atoms with van der Waals surface area (Å²) in [6, 6.07) is 0.276. The number of aliphatic hydroxyl groups excluding tert-OH is 4. The minimum atomic E-state index is -1.47. The molecule has 0 spiro atoms. The Balaban J connectivity index is 1.07. The van der Waals surface area contributed by atoms with Gasteiger partial charge < -0.3 is 35.0 Å². The van der Waals surface area contributed by atoms with Crippen molar-refractivity contribution in [3.05, 3.63) is 0 Å². The molecule has 4 saturated carbocycles. The molecule has 17 atom stereocenters. The molecule has 9 heteroatoms. The van der Waals surface area contributed by atoms with Gasteiger partial charge >= 0.3 is 0 Å². The van der Waals surface area contributed by atoms with Crippen LogP contribution in [0, 0.1) is 52.8 Å². The van der Waals surface area contributed by atoms with E-state index in [1.807, 2.05) is 0 Å². The highest BCUT2D eigenvalue weighted by Crippen LogP contribution is 2.66. The van der Waals surface area contributed by atoms with E-state index in [4.69, 9.17) is 9.47 Å². The lowest BCUT2D eigenvalue weighted by Crippen LogP contribution is -2.67. The minimum Gasteiger partial charge on any atom is -0.394 e. The summed E-state index contributed by atoms with van der Waals surface area (Å²) in [5.74, 6) is 3.79. The molecule has 3 heterocycles. The first-order valence-corrected chi connectivity index (χ1v) is 16.9. The Hall–Kier alpha value is -0.650. The van der Waals surface area contributed by atoms with Crippen LogP contribution in [0.4, 0.5) is 0 Å². The zero-order valence-electron chi connectivity index (χ0n) is 25.6. The molecule has 0 aromatic heterocycles. The molecule has 42 heavy (non-hydrogen) atoms. The number of ketones is 1. The number of Topliss-reactive ketones (excluding diaryl/α,β-unsaturated/α-hetero) is 1. The number of piperidine rings is 2. The van der Waals surface area contributed by atoms with Crippen LogP contribution in [-0.2, 0) is 14.3 Å². The lowest BCUT2D eigenvalue weighted by Gasteiger charge is -2.59. The van der Waals surface area contributed by atoms with E-state index in [2.05, 4.69) is 25.7 Å². The SMILES string of the molecule is C[C@@H]1CC[C@@H]2N(C1)C[C@@H]1[C@@H]3C[C@@H]4[C@H](CC(=O)[C@@H]5C[C@H](O[C@@H]6O[C@H](CO)[C@H](O)[C@H](O)[C@@H]6O)CC[C@]45C)[C@@H]3CC[C@@H]1[C@@]2(C)O. The van der Waals surface area contributed by atoms with Crippen LogP contribution in [0.3, 0.4) is 0 Å². The second-order valence-corrected chi connectivity index (χ2v) is 16.0. The Kier molecular flexibility index (Phi) is 7.66. The van der Waals surface area contributed by atoms with Gasteiger partial charge in [-0.2, -0.15) is 0 Å². The third-order valence-corrected chi connectivity index (χ3v) is 14.0. The molecule has 0 aromatic rings. The summed E-state index contributed by atoms with van der Waals surface area (Å²) in [5.41, 5.74) is -0.745. The smallest absolute Gasteiger partial charge is 0.186 e. The molecule has 0 aromatic carbocycles. The van der Waals surface area contributed by atoms with Gasteiger partial charge in [0.05, 0.1) is 18.3 Å². The molecule has 0 radical (unpaired) electrons. The topological polar surface area (TPSA) is 140 Å². The Morgan fingerprint density at radius 2 is 1.69 bits per heavy atom. The number of carbonyl (C=O) groups is 1. The van der Waals surface area contributed by atoms with Crippen LogP contribution in [0.1, 0.15) is 78.6 Å². The van der Waals surface area contributed by atoms with Gasteiger partial charge in [-0.15, -0.1) is 0 Å². The van der Waals surface area contributed by atoms with Gasteiger partial charge in [0.2, 0.25) is 0 Å². The number of carbonyl (C=O) groups excluding carboxylic acids is 1. The van der Waals surface area contributed by atoms with Crippen molar-refractivity contribution in [2.75, 3.05) is 19.7 Å². The standard InChI is InChI=1S/C33H53NO8/c1-16-4-7-27-33(3,40)22-6-5-18-19(21(22)14-34(27)13-16)11-23-20(18)12-25(36)24-10-17(8-9-32(23,24)2)41-31-30(39)29(38)28(37)26(15-35)42-31/h16-24,26-31,35,37-40H,4-15H2,1-3H3/t16-,17-,18-,19-,20-,21-,22+,23-,24+,26-,27+,28+,29+,30+,31-,32-,33-/m1/s1. The molecule has 7 rings (SSSR count). The summed E-state index contributed by atoms with van der Waals surface area (Å²) in [4.78, 5) is 16.5. The van der Waals surface area contributed by atoms with Crippen LogP contribution in [0.2, 0.25) is 0 Å². The predicted octanol–water partition coefficient (Wildman–Crippen LogP) is 1.71. The molecule has 5 N–H and O–H groups in total. The van der Waals surface area contributed by atoms with Crippen LogP contribution in [0.25, 0.3) is 0 Å². The van der Waals surface area contributed by atoms with E-state index in [9.17, 15) is 30.3 Å². The maximum Gasteiger partial charge on any atom is 0.186 e. The summed E-state index contributed by atoms with van der Waals surface area (Å²) in [7, 11) is 0. The van der Waals surface area contributed by atoms with Crippen LogP contribution in [0.5, 0.6) is 0 Å². The van der Waals surface area contributed by atoms with E-state index in [0.717, 1.165) is 51.6 Å². The van der Waals surface area contributed by atoms with Crippen molar-refractivity contribution in [2.24, 2.45) is 52.8 Å². The number of aliphatic hydroxyl groups is 5. The van der Waals surface area contributed by atoms with Gasteiger partial charge in [-0.3, -0.25) is 9.69 Å². The maximum atomic E-state index is 13.9. The average Bonchev–Trinajstić information content (AvgIpc) is 3.33. The van der Waals surface area contributed by atoms with Crippen LogP contribution >= 0.6 is 0 Å². The summed E-state index contributed by atoms with van der Waals surface area (Å²) in [5, 5.41) is 52.4. The molecule has 7 aliphatic rings. The number of hydrogen-bond donors (Lipinski definition) is 5. The fourth-order valence-corrected chi connectivity index (χ4v) is 11.8. The van der Waals surface area contributed by atoms with Gasteiger partial charge in [-0.05, 0) is 105 Å². The van der Waals surface area contributed by atoms with Crippen molar-refractivity contribution < 1.29 is 39.8 Å². The predicted molar refractivity (Wildman–Crippen MR) is 153 cm³/mol. The fourth-order valence-electron chi connectivity index (χ4n) is 11.8. The van der Waals surface area contributed by atoms with E-state index < -0.39 is 42.9 Å². The normalized spacial score (nSPS) is 57.9. The van der Waals surface area contributed by atoms with E-state index in [-0.39, 0.29) is 23.5 Å². The quantitative estimate of drug-likeness (QED) is 0.310. The van der Waals surface area contributed by atoms with Crippen LogP contribution < -0.4 is 0 Å². The third kappa shape index (κ3) is 4.50. The molecule has 4 aliphatic carbocycles. The Morgan fingerprint density at radius 3 is 2.45 bits per heavy atom. The molecule has 3 saturated heterocycles. The summed E-state index contributed by atoms with van der Waals surface area (Å²) < 4.78 is 11.8. The Bertz CT molecular complexity index is 1040. The van der Waals surface area contributed by atoms with Gasteiger partial charge in [0.15, 0.2) is 6.29 Å². The number of fused-ring (bicyclic) bond motifs is 8. The van der Waals surface area contributed by atoms with Crippen molar-refractivity contribution in [3.63, 3.8) is 0 Å². The Labute approximate surface area is 249 Å². The molecule has 0 bridgehead atoms. The van der Waals surface area contributed by atoms with E-state index in [1.54, 1.807) is 0 Å². The highest BCUT2D eigenvalue weighted by Gasteiger charge is 2.64. The van der Waals surface area contributed by atoms with E-state index in [0.29, 0.717) is 60.1 Å². The fraction of sp³-hybridized carbons (Fsp3) is 0.970. The van der Waals surface area contributed by atoms with Gasteiger partial charge in [-0.25, -0.2) is 0 Å². The van der Waals surface area contributed by atoms with Crippen molar-refractivity contribution in [3.8, 4) is 0 Å². The molecule has 0 amide bonds. The maximum absolute atomic E-state index is 13.9. The first-order chi connectivity index (χ1) is 19.9. The zero-order chi connectivity index (χ0) is 29.7. The molecule has 0 unspecified atom stereocenters. The number of hydrogen-bond acceptors (Lipinski definition) is 9. The number of rotatable bonds is 3. The minimum absolute atomic E-state index is 0.0958. The van der Waals surface area contributed by atoms with Crippen molar-refractivity contribution in [1.82, 2.24) is 4.90 Å². The molecular weight excluding hydrogens is 538 g/mol. The first kappa shape index (κ1) is 30.0. The largest absolute Gasteiger partial charge is 0.394 e. The number of nitrogens with zero attached hydrogens (tertiary/aromatic N) is 1. The highest BCUT2D eigenvalue weighted by atomic mass is 16.7. The van der Waals surface area contributed by atoms with Crippen LogP contribution in [0.15, 0.2) is 0 Å². The molecule has 3 aliphatic heterocycles. The van der Waals surface area contributed by atoms with Gasteiger partial charge in [0.25, 0.3) is 0 Å². The van der Waals surface area contributed by atoms with Gasteiger partial charge in [0, 0.05) is 31.5 Å². The highest BCUT2D eigenvalue weighted by molar-refractivity contribution is 5.83.